The van der Waals surface area contributed by atoms with E-state index in [9.17, 15) is 0 Å². The van der Waals surface area contributed by atoms with Gasteiger partial charge < -0.3 is 10.3 Å². The van der Waals surface area contributed by atoms with Crippen LogP contribution in [0.25, 0.3) is 0 Å². The van der Waals surface area contributed by atoms with E-state index in [0.717, 1.165) is 18.4 Å². The molecule has 3 nitrogen and oxygen atoms in total. The third kappa shape index (κ3) is 1.46. The molecule has 2 N–H and O–H groups in total. The number of aromatic nitrogens is 2. The van der Waals surface area contributed by atoms with Gasteiger partial charge in [0.05, 0.1) is 5.69 Å². The van der Waals surface area contributed by atoms with Gasteiger partial charge in [0, 0.05) is 24.6 Å². The first-order chi connectivity index (χ1) is 6.88. The minimum Gasteiger partial charge on any atom is -0.331 e. The highest BCUT2D eigenvalue weighted by Gasteiger charge is 2.33. The normalized spacial score (nSPS) is 21.5. The van der Waals surface area contributed by atoms with Crippen molar-refractivity contribution in [2.75, 3.05) is 6.54 Å². The molecule has 0 atom stereocenters. The van der Waals surface area contributed by atoms with Gasteiger partial charge in [0.25, 0.3) is 0 Å². The lowest BCUT2D eigenvalue weighted by atomic mass is 10.3. The summed E-state index contributed by atoms with van der Waals surface area (Å²) in [6, 6.07) is 0.768. The summed E-state index contributed by atoms with van der Waals surface area (Å²) in [6.45, 7) is 0.714. The molecule has 0 spiro atoms. The predicted molar refractivity (Wildman–Crippen MR) is 55.2 cm³/mol. The van der Waals surface area contributed by atoms with Gasteiger partial charge in [-0.25, -0.2) is 4.98 Å². The van der Waals surface area contributed by atoms with Crippen molar-refractivity contribution in [3.8, 4) is 0 Å². The molecule has 1 heterocycles. The lowest BCUT2D eigenvalue weighted by Gasteiger charge is -2.02. The Bertz CT molecular complexity index is 305. The summed E-state index contributed by atoms with van der Waals surface area (Å²) in [5.41, 5.74) is 6.75. The number of hydrogen-bond donors (Lipinski definition) is 1. The topological polar surface area (TPSA) is 43.8 Å². The van der Waals surface area contributed by atoms with E-state index < -0.39 is 0 Å². The number of imidazole rings is 1. The van der Waals surface area contributed by atoms with E-state index in [1.807, 2.05) is 0 Å². The summed E-state index contributed by atoms with van der Waals surface area (Å²) in [5, 5.41) is 0. The molecular formula is C11H17N3. The van der Waals surface area contributed by atoms with Crippen molar-refractivity contribution < 1.29 is 0 Å². The zero-order valence-corrected chi connectivity index (χ0v) is 8.45. The number of nitrogens with zero attached hydrogens (tertiary/aromatic N) is 2. The number of hydrogen-bond acceptors (Lipinski definition) is 2. The van der Waals surface area contributed by atoms with Gasteiger partial charge in [-0.1, -0.05) is 0 Å². The second-order valence-electron chi connectivity index (χ2n) is 4.54. The third-order valence-corrected chi connectivity index (χ3v) is 3.09. The van der Waals surface area contributed by atoms with Crippen LogP contribution in [0.3, 0.4) is 0 Å². The molecule has 1 aromatic rings. The summed E-state index contributed by atoms with van der Waals surface area (Å²) in [5.74, 6) is 2.11. The molecule has 0 bridgehead atoms. The van der Waals surface area contributed by atoms with E-state index in [2.05, 4.69) is 10.8 Å². The molecule has 0 aromatic carbocycles. The van der Waals surface area contributed by atoms with Crippen LogP contribution in [0.15, 0.2) is 6.20 Å². The van der Waals surface area contributed by atoms with Crippen molar-refractivity contribution in [3.05, 3.63) is 17.7 Å². The van der Waals surface area contributed by atoms with E-state index in [0.29, 0.717) is 6.54 Å². The SMILES string of the molecule is NCCc1cn(C2CC2)c(C2CC2)n1. The Labute approximate surface area is 84.3 Å². The molecule has 2 aliphatic carbocycles. The highest BCUT2D eigenvalue weighted by molar-refractivity contribution is 5.15. The summed E-state index contributed by atoms with van der Waals surface area (Å²) in [4.78, 5) is 4.71. The van der Waals surface area contributed by atoms with Gasteiger partial charge in [0.2, 0.25) is 0 Å². The lowest BCUT2D eigenvalue weighted by Crippen LogP contribution is -2.02. The summed E-state index contributed by atoms with van der Waals surface area (Å²) in [6.07, 6.45) is 8.53. The average Bonchev–Trinajstić information content (AvgIpc) is 3.07. The first-order valence-corrected chi connectivity index (χ1v) is 5.66. The van der Waals surface area contributed by atoms with E-state index in [4.69, 9.17) is 10.7 Å². The van der Waals surface area contributed by atoms with E-state index >= 15 is 0 Å². The first-order valence-electron chi connectivity index (χ1n) is 5.66. The van der Waals surface area contributed by atoms with Gasteiger partial charge >= 0.3 is 0 Å². The highest BCUT2D eigenvalue weighted by Crippen LogP contribution is 2.44. The molecule has 2 saturated carbocycles. The minimum absolute atomic E-state index is 0.714. The maximum atomic E-state index is 5.55. The van der Waals surface area contributed by atoms with Crippen LogP contribution >= 0.6 is 0 Å². The monoisotopic (exact) mass is 191 g/mol. The smallest absolute Gasteiger partial charge is 0.112 e. The van der Waals surface area contributed by atoms with E-state index in [1.54, 1.807) is 0 Å². The molecule has 0 aliphatic heterocycles. The van der Waals surface area contributed by atoms with Gasteiger partial charge in [-0.2, -0.15) is 0 Å². The Balaban J connectivity index is 1.89. The Morgan fingerprint density at radius 2 is 2.14 bits per heavy atom. The highest BCUT2D eigenvalue weighted by atomic mass is 15.1. The molecule has 2 aliphatic rings. The zero-order valence-electron chi connectivity index (χ0n) is 8.45. The van der Waals surface area contributed by atoms with Crippen LogP contribution in [0.4, 0.5) is 0 Å². The van der Waals surface area contributed by atoms with Crippen LogP contribution in [0, 0.1) is 0 Å². The second-order valence-corrected chi connectivity index (χ2v) is 4.54. The predicted octanol–water partition coefficient (Wildman–Crippen LogP) is 1.60. The standard InChI is InChI=1S/C11H17N3/c12-6-5-9-7-14(10-3-4-10)11(13-9)8-1-2-8/h7-8,10H,1-6,12H2. The van der Waals surface area contributed by atoms with E-state index in [-0.39, 0.29) is 0 Å². The summed E-state index contributed by atoms with van der Waals surface area (Å²) < 4.78 is 2.42. The molecule has 0 radical (unpaired) electrons. The Hall–Kier alpha value is -0.830. The summed E-state index contributed by atoms with van der Waals surface area (Å²) in [7, 11) is 0. The Kier molecular flexibility index (Phi) is 1.87. The van der Waals surface area contributed by atoms with Gasteiger partial charge in [-0.05, 0) is 32.2 Å². The van der Waals surface area contributed by atoms with Crippen LogP contribution in [0.2, 0.25) is 0 Å². The number of rotatable bonds is 4. The Morgan fingerprint density at radius 3 is 2.71 bits per heavy atom. The van der Waals surface area contributed by atoms with Crippen molar-refractivity contribution in [1.82, 2.24) is 9.55 Å². The number of nitrogens with two attached hydrogens (primary N) is 1. The van der Waals surface area contributed by atoms with Gasteiger partial charge in [0.15, 0.2) is 0 Å². The fraction of sp³-hybridized carbons (Fsp3) is 0.727. The quantitative estimate of drug-likeness (QED) is 0.785. The first kappa shape index (κ1) is 8.48. The molecule has 2 fully saturated rings. The van der Waals surface area contributed by atoms with E-state index in [1.165, 1.54) is 37.2 Å². The molecule has 1 aromatic heterocycles. The van der Waals surface area contributed by atoms with Gasteiger partial charge in [0.1, 0.15) is 5.82 Å². The third-order valence-electron chi connectivity index (χ3n) is 3.09. The second kappa shape index (κ2) is 3.09. The maximum Gasteiger partial charge on any atom is 0.112 e. The minimum atomic E-state index is 0.714. The van der Waals surface area contributed by atoms with Gasteiger partial charge in [-0.3, -0.25) is 0 Å². The molecule has 3 rings (SSSR count). The van der Waals surface area contributed by atoms with Crippen LogP contribution in [-0.4, -0.2) is 16.1 Å². The zero-order chi connectivity index (χ0) is 9.54. The van der Waals surface area contributed by atoms with Crippen molar-refractivity contribution in [1.29, 1.82) is 0 Å². The molecule has 3 heteroatoms. The lowest BCUT2D eigenvalue weighted by molar-refractivity contribution is 0.683. The van der Waals surface area contributed by atoms with Gasteiger partial charge in [-0.15, -0.1) is 0 Å². The summed E-state index contributed by atoms with van der Waals surface area (Å²) >= 11 is 0. The molecular weight excluding hydrogens is 174 g/mol. The van der Waals surface area contributed by atoms with Crippen molar-refractivity contribution in [3.63, 3.8) is 0 Å². The largest absolute Gasteiger partial charge is 0.331 e. The molecule has 0 amide bonds. The van der Waals surface area contributed by atoms with Crippen LogP contribution in [0.1, 0.15) is 49.2 Å². The van der Waals surface area contributed by atoms with Crippen LogP contribution < -0.4 is 5.73 Å². The van der Waals surface area contributed by atoms with Crippen molar-refractivity contribution in [2.24, 2.45) is 5.73 Å². The Morgan fingerprint density at radius 1 is 1.36 bits per heavy atom. The fourth-order valence-electron chi connectivity index (χ4n) is 2.02. The fourth-order valence-corrected chi connectivity index (χ4v) is 2.02. The van der Waals surface area contributed by atoms with Crippen LogP contribution in [-0.2, 0) is 6.42 Å². The molecule has 14 heavy (non-hydrogen) atoms. The molecule has 0 saturated heterocycles. The average molecular weight is 191 g/mol. The van der Waals surface area contributed by atoms with Crippen molar-refractivity contribution in [2.45, 2.75) is 44.1 Å². The van der Waals surface area contributed by atoms with Crippen LogP contribution in [0.5, 0.6) is 0 Å². The van der Waals surface area contributed by atoms with Crippen molar-refractivity contribution >= 4 is 0 Å². The maximum absolute atomic E-state index is 5.55. The molecule has 0 unspecified atom stereocenters. The molecule has 76 valence electrons.